The highest BCUT2D eigenvalue weighted by atomic mass is 35.5. The van der Waals surface area contributed by atoms with Gasteiger partial charge < -0.3 is 10.1 Å². The molecule has 1 N–H and O–H groups in total. The van der Waals surface area contributed by atoms with Crippen LogP contribution in [-0.2, 0) is 16.1 Å². The lowest BCUT2D eigenvalue weighted by Gasteiger charge is -2.09. The number of hydrogen-bond donors (Lipinski definition) is 1. The minimum atomic E-state index is -0.231. The Balaban J connectivity index is 1.94. The van der Waals surface area contributed by atoms with Gasteiger partial charge in [0.1, 0.15) is 12.9 Å². The Morgan fingerprint density at radius 1 is 1.25 bits per heavy atom. The SMILES string of the molecule is COCCCNC(=O)Cn1cnc2c(c(C)c(C)n2-c2ccc(Cl)cc2)c1=O. The zero-order valence-corrected chi connectivity index (χ0v) is 16.9. The second-order valence-electron chi connectivity index (χ2n) is 6.59. The van der Waals surface area contributed by atoms with E-state index in [2.05, 4.69) is 10.3 Å². The monoisotopic (exact) mass is 402 g/mol. The largest absolute Gasteiger partial charge is 0.385 e. The molecule has 0 radical (unpaired) electrons. The fourth-order valence-electron chi connectivity index (χ4n) is 3.16. The lowest BCUT2D eigenvalue weighted by atomic mass is 10.2. The number of rotatable bonds is 7. The van der Waals surface area contributed by atoms with Crippen LogP contribution in [-0.4, -0.2) is 40.3 Å². The van der Waals surface area contributed by atoms with Gasteiger partial charge in [0.25, 0.3) is 5.56 Å². The number of carbonyl (C=O) groups excluding carboxylic acids is 1. The van der Waals surface area contributed by atoms with Gasteiger partial charge in [0.2, 0.25) is 5.91 Å². The molecule has 1 aromatic carbocycles. The Labute approximate surface area is 167 Å². The molecular formula is C20H23ClN4O3. The standard InChI is InChI=1S/C20H23ClN4O3/c1-13-14(2)25(16-7-5-15(21)6-8-16)19-18(13)20(27)24(12-23-19)11-17(26)22-9-4-10-28-3/h5-8,12H,4,9-11H2,1-3H3,(H,22,26). The molecule has 0 atom stereocenters. The topological polar surface area (TPSA) is 78.2 Å². The molecule has 0 aliphatic carbocycles. The lowest BCUT2D eigenvalue weighted by Crippen LogP contribution is -2.33. The van der Waals surface area contributed by atoms with Crippen LogP contribution in [0.15, 0.2) is 35.4 Å². The molecule has 3 rings (SSSR count). The van der Waals surface area contributed by atoms with Crippen LogP contribution >= 0.6 is 11.6 Å². The maximum Gasteiger partial charge on any atom is 0.263 e. The number of aromatic nitrogens is 3. The molecule has 148 valence electrons. The van der Waals surface area contributed by atoms with E-state index in [9.17, 15) is 9.59 Å². The van der Waals surface area contributed by atoms with E-state index >= 15 is 0 Å². The molecule has 2 aromatic heterocycles. The number of ether oxygens (including phenoxy) is 1. The third-order valence-electron chi connectivity index (χ3n) is 4.73. The third kappa shape index (κ3) is 3.95. The number of amides is 1. The Kier molecular flexibility index (Phi) is 6.16. The average Bonchev–Trinajstić information content (AvgIpc) is 2.93. The summed E-state index contributed by atoms with van der Waals surface area (Å²) in [5.74, 6) is -0.231. The van der Waals surface area contributed by atoms with Gasteiger partial charge in [-0.2, -0.15) is 0 Å². The normalized spacial score (nSPS) is 11.1. The second-order valence-corrected chi connectivity index (χ2v) is 7.03. The maximum atomic E-state index is 13.0. The number of methoxy groups -OCH3 is 1. The number of nitrogens with zero attached hydrogens (tertiary/aromatic N) is 3. The molecule has 3 aromatic rings. The van der Waals surface area contributed by atoms with Gasteiger partial charge in [-0.15, -0.1) is 0 Å². The second kappa shape index (κ2) is 8.58. The Morgan fingerprint density at radius 2 is 1.96 bits per heavy atom. The zero-order chi connectivity index (χ0) is 20.3. The summed E-state index contributed by atoms with van der Waals surface area (Å²) in [6.45, 7) is 4.84. The third-order valence-corrected chi connectivity index (χ3v) is 4.98. The van der Waals surface area contributed by atoms with Gasteiger partial charge in [0, 0.05) is 36.7 Å². The van der Waals surface area contributed by atoms with Crippen LogP contribution in [0.2, 0.25) is 5.02 Å². The number of halogens is 1. The summed E-state index contributed by atoms with van der Waals surface area (Å²) in [6.07, 6.45) is 2.14. The van der Waals surface area contributed by atoms with Gasteiger partial charge in [-0.1, -0.05) is 11.6 Å². The van der Waals surface area contributed by atoms with Gasteiger partial charge in [-0.25, -0.2) is 4.98 Å². The van der Waals surface area contributed by atoms with Crippen molar-refractivity contribution in [2.45, 2.75) is 26.8 Å². The van der Waals surface area contributed by atoms with Crippen LogP contribution in [0.25, 0.3) is 16.7 Å². The molecule has 0 unspecified atom stereocenters. The van der Waals surface area contributed by atoms with Crippen molar-refractivity contribution < 1.29 is 9.53 Å². The van der Waals surface area contributed by atoms with E-state index in [4.69, 9.17) is 16.3 Å². The molecule has 0 fully saturated rings. The molecule has 2 heterocycles. The van der Waals surface area contributed by atoms with E-state index < -0.39 is 0 Å². The van der Waals surface area contributed by atoms with Gasteiger partial charge in [0.05, 0.1) is 5.39 Å². The summed E-state index contributed by atoms with van der Waals surface area (Å²) in [5, 5.41) is 3.94. The van der Waals surface area contributed by atoms with Crippen LogP contribution in [0, 0.1) is 13.8 Å². The van der Waals surface area contributed by atoms with Crippen LogP contribution in [0.5, 0.6) is 0 Å². The lowest BCUT2D eigenvalue weighted by molar-refractivity contribution is -0.121. The number of benzene rings is 1. The van der Waals surface area contributed by atoms with Crippen molar-refractivity contribution in [1.82, 2.24) is 19.4 Å². The van der Waals surface area contributed by atoms with Gasteiger partial charge in [-0.3, -0.25) is 18.7 Å². The highest BCUT2D eigenvalue weighted by Gasteiger charge is 2.18. The molecule has 0 spiro atoms. The van der Waals surface area contributed by atoms with Gasteiger partial charge in [-0.05, 0) is 50.1 Å². The first-order valence-electron chi connectivity index (χ1n) is 9.02. The number of fused-ring (bicyclic) bond motifs is 1. The van der Waals surface area contributed by atoms with Crippen molar-refractivity contribution >= 4 is 28.5 Å². The van der Waals surface area contributed by atoms with Crippen molar-refractivity contribution in [3.8, 4) is 5.69 Å². The van der Waals surface area contributed by atoms with Crippen LogP contribution in [0.4, 0.5) is 0 Å². The van der Waals surface area contributed by atoms with E-state index in [-0.39, 0.29) is 18.0 Å². The first-order chi connectivity index (χ1) is 13.4. The minimum absolute atomic E-state index is 0.0701. The summed E-state index contributed by atoms with van der Waals surface area (Å²) in [6, 6.07) is 7.36. The zero-order valence-electron chi connectivity index (χ0n) is 16.2. The molecule has 8 heteroatoms. The number of aryl methyl sites for hydroxylation is 1. The maximum absolute atomic E-state index is 13.0. The molecular weight excluding hydrogens is 380 g/mol. The predicted molar refractivity (Wildman–Crippen MR) is 109 cm³/mol. The Morgan fingerprint density at radius 3 is 2.64 bits per heavy atom. The Hall–Kier alpha value is -2.64. The van der Waals surface area contributed by atoms with Gasteiger partial charge >= 0.3 is 0 Å². The summed E-state index contributed by atoms with van der Waals surface area (Å²) in [4.78, 5) is 29.6. The fraction of sp³-hybridized carbons (Fsp3) is 0.350. The average molecular weight is 403 g/mol. The van der Waals surface area contributed by atoms with Crippen molar-refractivity contribution in [1.29, 1.82) is 0 Å². The predicted octanol–water partition coefficient (Wildman–Crippen LogP) is 2.61. The smallest absolute Gasteiger partial charge is 0.263 e. The summed E-state index contributed by atoms with van der Waals surface area (Å²) < 4.78 is 8.22. The summed E-state index contributed by atoms with van der Waals surface area (Å²) in [5.41, 5.74) is 2.98. The first-order valence-corrected chi connectivity index (χ1v) is 9.40. The summed E-state index contributed by atoms with van der Waals surface area (Å²) >= 11 is 5.99. The molecule has 7 nitrogen and oxygen atoms in total. The van der Waals surface area contributed by atoms with E-state index in [1.807, 2.05) is 30.5 Å². The molecule has 0 bridgehead atoms. The quantitative estimate of drug-likeness (QED) is 0.616. The molecule has 1 amide bonds. The van der Waals surface area contributed by atoms with Crippen LogP contribution in [0.1, 0.15) is 17.7 Å². The molecule has 0 saturated carbocycles. The van der Waals surface area contributed by atoms with E-state index in [0.717, 1.165) is 23.4 Å². The van der Waals surface area contributed by atoms with E-state index in [0.29, 0.717) is 29.2 Å². The van der Waals surface area contributed by atoms with Crippen LogP contribution in [0.3, 0.4) is 0 Å². The van der Waals surface area contributed by atoms with Crippen molar-refractivity contribution in [3.05, 3.63) is 57.2 Å². The highest BCUT2D eigenvalue weighted by Crippen LogP contribution is 2.25. The van der Waals surface area contributed by atoms with Gasteiger partial charge in [0.15, 0.2) is 5.65 Å². The highest BCUT2D eigenvalue weighted by molar-refractivity contribution is 6.30. The van der Waals surface area contributed by atoms with Crippen molar-refractivity contribution in [2.75, 3.05) is 20.3 Å². The Bertz CT molecular complexity index is 1050. The fourth-order valence-corrected chi connectivity index (χ4v) is 3.29. The van der Waals surface area contributed by atoms with E-state index in [1.54, 1.807) is 19.2 Å². The molecule has 0 aliphatic rings. The molecule has 0 saturated heterocycles. The molecule has 28 heavy (non-hydrogen) atoms. The number of hydrogen-bond acceptors (Lipinski definition) is 4. The summed E-state index contributed by atoms with van der Waals surface area (Å²) in [7, 11) is 1.61. The minimum Gasteiger partial charge on any atom is -0.385 e. The number of nitrogens with one attached hydrogen (secondary N) is 1. The first kappa shape index (κ1) is 20.1. The molecule has 0 aliphatic heterocycles. The van der Waals surface area contributed by atoms with Crippen LogP contribution < -0.4 is 10.9 Å². The number of carbonyl (C=O) groups is 1. The van der Waals surface area contributed by atoms with E-state index in [1.165, 1.54) is 10.9 Å². The van der Waals surface area contributed by atoms with Crippen molar-refractivity contribution in [2.24, 2.45) is 0 Å². The van der Waals surface area contributed by atoms with Crippen molar-refractivity contribution in [3.63, 3.8) is 0 Å².